The monoisotopic (exact) mass is 267 g/mol. The number of carbonyl (C=O) groups is 1. The number of aromatic nitrogens is 2. The number of aryl methyl sites for hydroxylation is 1. The van der Waals surface area contributed by atoms with E-state index in [2.05, 4.69) is 9.97 Å². The van der Waals surface area contributed by atoms with Gasteiger partial charge in [0.25, 0.3) is 0 Å². The molecule has 0 saturated carbocycles. The maximum absolute atomic E-state index is 11.0. The molecule has 0 amide bonds. The number of morpholine rings is 1. The van der Waals surface area contributed by atoms with Crippen LogP contribution in [0.5, 0.6) is 5.88 Å². The number of rotatable bonds is 4. The molecule has 1 atom stereocenters. The average molecular weight is 267 g/mol. The summed E-state index contributed by atoms with van der Waals surface area (Å²) in [5, 5.41) is 8.98. The van der Waals surface area contributed by atoms with Crippen molar-refractivity contribution < 1.29 is 19.4 Å². The minimum atomic E-state index is -0.970. The zero-order valence-electron chi connectivity index (χ0n) is 11.0. The molecule has 1 aliphatic rings. The van der Waals surface area contributed by atoms with Crippen molar-refractivity contribution in [2.45, 2.75) is 20.0 Å². The highest BCUT2D eigenvalue weighted by molar-refractivity contribution is 5.73. The number of hydrogen-bond acceptors (Lipinski definition) is 6. The first kappa shape index (κ1) is 13.5. The van der Waals surface area contributed by atoms with E-state index in [-0.39, 0.29) is 6.54 Å². The molecule has 1 aromatic heterocycles. The summed E-state index contributed by atoms with van der Waals surface area (Å²) in [5.41, 5.74) is 0.784. The van der Waals surface area contributed by atoms with E-state index in [1.165, 1.54) is 0 Å². The minimum absolute atomic E-state index is 0.240. The van der Waals surface area contributed by atoms with Crippen LogP contribution in [-0.2, 0) is 9.53 Å². The lowest BCUT2D eigenvalue weighted by atomic mass is 10.3. The number of hydrogen-bond donors (Lipinski definition) is 1. The van der Waals surface area contributed by atoms with Gasteiger partial charge >= 0.3 is 5.97 Å². The lowest BCUT2D eigenvalue weighted by molar-refractivity contribution is -0.150. The highest BCUT2D eigenvalue weighted by Crippen LogP contribution is 2.18. The molecule has 0 radical (unpaired) electrons. The van der Waals surface area contributed by atoms with Crippen LogP contribution < -0.4 is 9.64 Å². The van der Waals surface area contributed by atoms with Crippen LogP contribution in [-0.4, -0.2) is 53.5 Å². The molecule has 7 nitrogen and oxygen atoms in total. The Morgan fingerprint density at radius 3 is 3.11 bits per heavy atom. The molecule has 1 unspecified atom stereocenters. The number of carboxylic acids is 1. The molecule has 1 aromatic rings. The summed E-state index contributed by atoms with van der Waals surface area (Å²) >= 11 is 0. The van der Waals surface area contributed by atoms with E-state index in [0.29, 0.717) is 31.6 Å². The Kier molecular flexibility index (Phi) is 4.16. The lowest BCUT2D eigenvalue weighted by Gasteiger charge is -2.31. The molecule has 19 heavy (non-hydrogen) atoms. The minimum Gasteiger partial charge on any atom is -0.479 e. The third-order valence-electron chi connectivity index (χ3n) is 2.74. The number of nitrogens with zero attached hydrogens (tertiary/aromatic N) is 3. The van der Waals surface area contributed by atoms with Gasteiger partial charge in [0.2, 0.25) is 11.8 Å². The second-order valence-corrected chi connectivity index (χ2v) is 4.22. The Morgan fingerprint density at radius 2 is 2.42 bits per heavy atom. The van der Waals surface area contributed by atoms with Crippen LogP contribution in [0.3, 0.4) is 0 Å². The standard InChI is InChI=1S/C12H17N3O4/c1-3-18-10-6-8(2)13-12(14-10)15-4-5-19-9(7-15)11(16)17/h6,9H,3-5,7H2,1-2H3,(H,16,17). The first-order valence-corrected chi connectivity index (χ1v) is 6.18. The SMILES string of the molecule is CCOc1cc(C)nc(N2CCOC(C(=O)O)C2)n1. The predicted octanol–water partition coefficient (Wildman–Crippen LogP) is 0.474. The maximum atomic E-state index is 11.0. The smallest absolute Gasteiger partial charge is 0.334 e. The number of ether oxygens (including phenoxy) is 2. The number of aliphatic carboxylic acids is 1. The van der Waals surface area contributed by atoms with Gasteiger partial charge in [-0.25, -0.2) is 9.78 Å². The molecule has 7 heteroatoms. The number of anilines is 1. The van der Waals surface area contributed by atoms with E-state index in [4.69, 9.17) is 14.6 Å². The molecule has 2 heterocycles. The summed E-state index contributed by atoms with van der Waals surface area (Å²) in [6.45, 7) is 5.41. The molecule has 1 fully saturated rings. The van der Waals surface area contributed by atoms with Crippen molar-refractivity contribution in [3.8, 4) is 5.88 Å². The van der Waals surface area contributed by atoms with Crippen LogP contribution in [0, 0.1) is 6.92 Å². The van der Waals surface area contributed by atoms with Gasteiger partial charge in [-0.1, -0.05) is 0 Å². The van der Waals surface area contributed by atoms with Crippen LogP contribution in [0.25, 0.3) is 0 Å². The van der Waals surface area contributed by atoms with Gasteiger partial charge in [0.1, 0.15) is 0 Å². The van der Waals surface area contributed by atoms with E-state index in [9.17, 15) is 4.79 Å². The fourth-order valence-corrected chi connectivity index (χ4v) is 1.87. The molecule has 0 aromatic carbocycles. The zero-order valence-corrected chi connectivity index (χ0v) is 11.0. The molecule has 0 aliphatic carbocycles. The topological polar surface area (TPSA) is 84.8 Å². The van der Waals surface area contributed by atoms with Gasteiger partial charge in [0.15, 0.2) is 6.10 Å². The Morgan fingerprint density at radius 1 is 1.63 bits per heavy atom. The molecule has 0 bridgehead atoms. The van der Waals surface area contributed by atoms with Crippen LogP contribution in [0.1, 0.15) is 12.6 Å². The summed E-state index contributed by atoms with van der Waals surface area (Å²) < 4.78 is 10.5. The molecular formula is C12H17N3O4. The van der Waals surface area contributed by atoms with E-state index in [0.717, 1.165) is 5.69 Å². The van der Waals surface area contributed by atoms with Gasteiger partial charge in [-0.3, -0.25) is 0 Å². The van der Waals surface area contributed by atoms with Gasteiger partial charge in [0.05, 0.1) is 19.8 Å². The molecular weight excluding hydrogens is 250 g/mol. The van der Waals surface area contributed by atoms with Crippen molar-refractivity contribution in [3.05, 3.63) is 11.8 Å². The fourth-order valence-electron chi connectivity index (χ4n) is 1.87. The third kappa shape index (κ3) is 3.31. The molecule has 1 aliphatic heterocycles. The van der Waals surface area contributed by atoms with Gasteiger partial charge < -0.3 is 19.5 Å². The molecule has 104 valence electrons. The normalized spacial score (nSPS) is 19.3. The molecule has 1 N–H and O–H groups in total. The van der Waals surface area contributed by atoms with Crippen LogP contribution in [0.2, 0.25) is 0 Å². The summed E-state index contributed by atoms with van der Waals surface area (Å²) in [6.07, 6.45) is -0.839. The lowest BCUT2D eigenvalue weighted by Crippen LogP contribution is -2.46. The highest BCUT2D eigenvalue weighted by atomic mass is 16.5. The largest absolute Gasteiger partial charge is 0.479 e. The van der Waals surface area contributed by atoms with Crippen LogP contribution in [0.4, 0.5) is 5.95 Å². The second kappa shape index (κ2) is 5.83. The van der Waals surface area contributed by atoms with E-state index in [1.54, 1.807) is 11.0 Å². The van der Waals surface area contributed by atoms with E-state index in [1.807, 2.05) is 13.8 Å². The first-order chi connectivity index (χ1) is 9.10. The zero-order chi connectivity index (χ0) is 13.8. The van der Waals surface area contributed by atoms with Gasteiger partial charge in [0, 0.05) is 18.3 Å². The van der Waals surface area contributed by atoms with Crippen molar-refractivity contribution in [2.24, 2.45) is 0 Å². The highest BCUT2D eigenvalue weighted by Gasteiger charge is 2.27. The quantitative estimate of drug-likeness (QED) is 0.848. The van der Waals surface area contributed by atoms with Crippen molar-refractivity contribution >= 4 is 11.9 Å². The number of carboxylic acid groups (broad SMARTS) is 1. The van der Waals surface area contributed by atoms with Crippen molar-refractivity contribution in [1.82, 2.24) is 9.97 Å². The van der Waals surface area contributed by atoms with Crippen molar-refractivity contribution in [3.63, 3.8) is 0 Å². The molecule has 1 saturated heterocycles. The fraction of sp³-hybridized carbons (Fsp3) is 0.583. The summed E-state index contributed by atoms with van der Waals surface area (Å²) in [7, 11) is 0. The molecule has 2 rings (SSSR count). The summed E-state index contributed by atoms with van der Waals surface area (Å²) in [6, 6.07) is 1.75. The first-order valence-electron chi connectivity index (χ1n) is 6.18. The second-order valence-electron chi connectivity index (χ2n) is 4.22. The van der Waals surface area contributed by atoms with Gasteiger partial charge in [-0.2, -0.15) is 4.98 Å². The summed E-state index contributed by atoms with van der Waals surface area (Å²) in [5.74, 6) is 0.0174. The average Bonchev–Trinajstić information content (AvgIpc) is 2.38. The molecule has 0 spiro atoms. The third-order valence-corrected chi connectivity index (χ3v) is 2.74. The van der Waals surface area contributed by atoms with Crippen LogP contribution >= 0.6 is 0 Å². The Labute approximate surface area is 111 Å². The Hall–Kier alpha value is -1.89. The Bertz CT molecular complexity index is 466. The maximum Gasteiger partial charge on any atom is 0.334 e. The van der Waals surface area contributed by atoms with E-state index < -0.39 is 12.1 Å². The van der Waals surface area contributed by atoms with Crippen LogP contribution in [0.15, 0.2) is 6.07 Å². The van der Waals surface area contributed by atoms with Crippen molar-refractivity contribution in [2.75, 3.05) is 31.2 Å². The van der Waals surface area contributed by atoms with Gasteiger partial charge in [-0.05, 0) is 13.8 Å². The summed E-state index contributed by atoms with van der Waals surface area (Å²) in [4.78, 5) is 21.4. The predicted molar refractivity (Wildman–Crippen MR) is 67.5 cm³/mol. The van der Waals surface area contributed by atoms with Gasteiger partial charge in [-0.15, -0.1) is 0 Å². The van der Waals surface area contributed by atoms with Crippen molar-refractivity contribution in [1.29, 1.82) is 0 Å². The Balaban J connectivity index is 2.18. The van der Waals surface area contributed by atoms with E-state index >= 15 is 0 Å².